The van der Waals surface area contributed by atoms with E-state index in [9.17, 15) is 4.39 Å². The molecule has 0 unspecified atom stereocenters. The van der Waals surface area contributed by atoms with Crippen LogP contribution in [0.4, 0.5) is 4.39 Å². The molecule has 192 valence electrons. The van der Waals surface area contributed by atoms with E-state index in [4.69, 9.17) is 4.74 Å². The second kappa shape index (κ2) is 13.6. The van der Waals surface area contributed by atoms with Gasteiger partial charge in [-0.15, -0.1) is 0 Å². The predicted octanol–water partition coefficient (Wildman–Crippen LogP) is 9.73. The largest absolute Gasteiger partial charge is 0.384 e. The molecule has 0 saturated heterocycles. The minimum absolute atomic E-state index is 0.0408. The van der Waals surface area contributed by atoms with Gasteiger partial charge in [0, 0.05) is 13.7 Å². The lowest BCUT2D eigenvalue weighted by atomic mass is 9.77. The van der Waals surface area contributed by atoms with Crippen LogP contribution in [0.5, 0.6) is 0 Å². The second-order valence-corrected chi connectivity index (χ2v) is 11.5. The molecular weight excluding hydrogens is 431 g/mol. The van der Waals surface area contributed by atoms with Crippen molar-refractivity contribution in [3.63, 3.8) is 0 Å². The number of ether oxygens (including phenoxy) is 1. The molecule has 0 spiro atoms. The number of methoxy groups -OCH3 is 1. The Morgan fingerprint density at radius 3 is 2.03 bits per heavy atom. The molecule has 2 aliphatic rings. The van der Waals surface area contributed by atoms with Crippen molar-refractivity contribution >= 4 is 0 Å². The predicted molar refractivity (Wildman–Crippen MR) is 146 cm³/mol. The maximum absolute atomic E-state index is 14.9. The van der Waals surface area contributed by atoms with Crippen LogP contribution in [0.2, 0.25) is 0 Å². The van der Waals surface area contributed by atoms with Gasteiger partial charge in [-0.2, -0.15) is 0 Å². The molecular formula is C33H47FO. The number of halogens is 1. The minimum atomic E-state index is -0.0408. The molecule has 0 aliphatic heterocycles. The summed E-state index contributed by atoms with van der Waals surface area (Å²) in [6.45, 7) is 3.23. The molecule has 0 aromatic heterocycles. The van der Waals surface area contributed by atoms with E-state index in [1.54, 1.807) is 6.07 Å². The standard InChI is InChI=1S/C33H47FO/c1-3-6-25-13-15-28(16-14-25)29-17-19-30(20-18-29)32-22-21-31(33(34)23-32)8-5-4-7-26-9-11-27(12-10-26)24-35-2/h17-23,25-28H,3-16,24H2,1-2H3. The summed E-state index contributed by atoms with van der Waals surface area (Å²) < 4.78 is 20.2. The smallest absolute Gasteiger partial charge is 0.127 e. The fourth-order valence-corrected chi connectivity index (χ4v) is 6.74. The van der Waals surface area contributed by atoms with Gasteiger partial charge in [-0.3, -0.25) is 0 Å². The first-order valence-corrected chi connectivity index (χ1v) is 14.5. The van der Waals surface area contributed by atoms with Crippen molar-refractivity contribution in [2.75, 3.05) is 13.7 Å². The van der Waals surface area contributed by atoms with Crippen molar-refractivity contribution in [3.05, 3.63) is 59.4 Å². The Balaban J connectivity index is 1.22. The van der Waals surface area contributed by atoms with E-state index in [1.165, 1.54) is 82.6 Å². The molecule has 2 aliphatic carbocycles. The molecule has 35 heavy (non-hydrogen) atoms. The molecule has 0 radical (unpaired) electrons. The molecule has 0 N–H and O–H groups in total. The van der Waals surface area contributed by atoms with Crippen LogP contribution < -0.4 is 0 Å². The molecule has 2 heteroatoms. The van der Waals surface area contributed by atoms with E-state index in [1.807, 2.05) is 13.2 Å². The summed E-state index contributed by atoms with van der Waals surface area (Å²) in [5.74, 6) is 3.24. The van der Waals surface area contributed by atoms with E-state index < -0.39 is 0 Å². The van der Waals surface area contributed by atoms with Crippen LogP contribution >= 0.6 is 0 Å². The molecule has 2 saturated carbocycles. The highest BCUT2D eigenvalue weighted by Gasteiger charge is 2.22. The van der Waals surface area contributed by atoms with Crippen molar-refractivity contribution < 1.29 is 9.13 Å². The van der Waals surface area contributed by atoms with Crippen LogP contribution in [-0.2, 0) is 11.2 Å². The Morgan fingerprint density at radius 1 is 0.743 bits per heavy atom. The Morgan fingerprint density at radius 2 is 1.37 bits per heavy atom. The van der Waals surface area contributed by atoms with Gasteiger partial charge in [-0.25, -0.2) is 4.39 Å². The van der Waals surface area contributed by atoms with Gasteiger partial charge in [0.2, 0.25) is 0 Å². The SMILES string of the molecule is CCCC1CCC(c2ccc(-c3ccc(CCCCC4CCC(COC)CC4)c(F)c3)cc2)CC1. The summed E-state index contributed by atoms with van der Waals surface area (Å²) in [5.41, 5.74) is 4.46. The first-order valence-electron chi connectivity index (χ1n) is 14.5. The van der Waals surface area contributed by atoms with E-state index in [2.05, 4.69) is 37.3 Å². The Hall–Kier alpha value is -1.67. The Kier molecular flexibility index (Phi) is 10.2. The maximum atomic E-state index is 14.9. The van der Waals surface area contributed by atoms with E-state index in [0.717, 1.165) is 53.9 Å². The molecule has 0 bridgehead atoms. The molecule has 0 atom stereocenters. The number of hydrogen-bond acceptors (Lipinski definition) is 1. The summed E-state index contributed by atoms with van der Waals surface area (Å²) >= 11 is 0. The van der Waals surface area contributed by atoms with E-state index in [-0.39, 0.29) is 5.82 Å². The van der Waals surface area contributed by atoms with Gasteiger partial charge in [-0.1, -0.05) is 81.8 Å². The molecule has 4 rings (SSSR count). The van der Waals surface area contributed by atoms with E-state index >= 15 is 0 Å². The van der Waals surface area contributed by atoms with Crippen LogP contribution in [0, 0.1) is 23.6 Å². The van der Waals surface area contributed by atoms with Crippen molar-refractivity contribution in [3.8, 4) is 11.1 Å². The quantitative estimate of drug-likeness (QED) is 0.292. The van der Waals surface area contributed by atoms with Crippen molar-refractivity contribution in [1.82, 2.24) is 0 Å². The van der Waals surface area contributed by atoms with Gasteiger partial charge in [0.15, 0.2) is 0 Å². The third-order valence-electron chi connectivity index (χ3n) is 8.99. The highest BCUT2D eigenvalue weighted by molar-refractivity contribution is 5.64. The first-order chi connectivity index (χ1) is 17.2. The average molecular weight is 479 g/mol. The number of rotatable bonds is 11. The lowest BCUT2D eigenvalue weighted by Crippen LogP contribution is -2.18. The van der Waals surface area contributed by atoms with Crippen LogP contribution in [0.25, 0.3) is 11.1 Å². The molecule has 2 aromatic rings. The normalized spacial score (nSPS) is 25.0. The fraction of sp³-hybridized carbons (Fsp3) is 0.636. The zero-order chi connectivity index (χ0) is 24.5. The van der Waals surface area contributed by atoms with Gasteiger partial charge < -0.3 is 4.74 Å². The fourth-order valence-electron chi connectivity index (χ4n) is 6.74. The minimum Gasteiger partial charge on any atom is -0.384 e. The number of hydrogen-bond donors (Lipinski definition) is 0. The lowest BCUT2D eigenvalue weighted by Gasteiger charge is -2.28. The van der Waals surface area contributed by atoms with Gasteiger partial charge in [0.1, 0.15) is 5.82 Å². The summed E-state index contributed by atoms with van der Waals surface area (Å²) in [4.78, 5) is 0. The number of unbranched alkanes of at least 4 members (excludes halogenated alkanes) is 1. The molecule has 0 amide bonds. The second-order valence-electron chi connectivity index (χ2n) is 11.5. The summed E-state index contributed by atoms with van der Waals surface area (Å²) in [5, 5.41) is 0. The van der Waals surface area contributed by atoms with Crippen LogP contribution in [0.1, 0.15) is 107 Å². The topological polar surface area (TPSA) is 9.23 Å². The van der Waals surface area contributed by atoms with Gasteiger partial charge in [0.25, 0.3) is 0 Å². The summed E-state index contributed by atoms with van der Waals surface area (Å²) in [7, 11) is 1.81. The van der Waals surface area contributed by atoms with Crippen LogP contribution in [0.15, 0.2) is 42.5 Å². The van der Waals surface area contributed by atoms with Crippen molar-refractivity contribution in [1.29, 1.82) is 0 Å². The van der Waals surface area contributed by atoms with Crippen molar-refractivity contribution in [2.45, 2.75) is 103 Å². The Labute approximate surface area is 213 Å². The van der Waals surface area contributed by atoms with Crippen molar-refractivity contribution in [2.24, 2.45) is 17.8 Å². The highest BCUT2D eigenvalue weighted by Crippen LogP contribution is 2.38. The van der Waals surface area contributed by atoms with Gasteiger partial charge in [-0.05, 0) is 103 Å². The van der Waals surface area contributed by atoms with Gasteiger partial charge in [0.05, 0.1) is 0 Å². The highest BCUT2D eigenvalue weighted by atomic mass is 19.1. The maximum Gasteiger partial charge on any atom is 0.127 e. The molecule has 2 fully saturated rings. The molecule has 1 nitrogen and oxygen atoms in total. The average Bonchev–Trinajstić information content (AvgIpc) is 2.89. The lowest BCUT2D eigenvalue weighted by molar-refractivity contribution is 0.117. The third-order valence-corrected chi connectivity index (χ3v) is 8.99. The number of benzene rings is 2. The van der Waals surface area contributed by atoms with E-state index in [0.29, 0.717) is 5.92 Å². The van der Waals surface area contributed by atoms with Gasteiger partial charge >= 0.3 is 0 Å². The first kappa shape index (κ1) is 26.4. The Bertz CT molecular complexity index is 872. The summed E-state index contributed by atoms with van der Waals surface area (Å²) in [6.07, 6.45) is 17.9. The zero-order valence-electron chi connectivity index (χ0n) is 22.2. The number of aryl methyl sites for hydroxylation is 1. The summed E-state index contributed by atoms with van der Waals surface area (Å²) in [6, 6.07) is 14.8. The zero-order valence-corrected chi connectivity index (χ0v) is 22.2. The monoisotopic (exact) mass is 478 g/mol. The van der Waals surface area contributed by atoms with Crippen LogP contribution in [0.3, 0.4) is 0 Å². The molecule has 0 heterocycles. The molecule has 2 aromatic carbocycles. The third kappa shape index (κ3) is 7.66. The van der Waals surface area contributed by atoms with Crippen LogP contribution in [-0.4, -0.2) is 13.7 Å².